The van der Waals surface area contributed by atoms with Crippen LogP contribution in [0.15, 0.2) is 77.5 Å². The summed E-state index contributed by atoms with van der Waals surface area (Å²) in [4.78, 5) is 36.8. The minimum atomic E-state index is -0.895. The Bertz CT molecular complexity index is 1180. The molecule has 1 aliphatic heterocycles. The standard InChI is InChI=1S/C25H27N5O4/c1-3-20(7-5-6-8-23(32)33)28-25-27-16-19-10-9-18(15-21(19)29-25)11-12-26-24-22(4-2)30(17-31)13-14-34-24/h3,5-7,9-10,12,15-17H,1,4,8,11,13-14H2,2H3,(H,32,33)(H,27,28,29)/b6-5+,20-7+,26-12-. The number of aromatic nitrogens is 2. The second-order valence-electron chi connectivity index (χ2n) is 7.33. The first-order chi connectivity index (χ1) is 16.5. The van der Waals surface area contributed by atoms with E-state index in [2.05, 4.69) is 26.9 Å². The first-order valence-electron chi connectivity index (χ1n) is 10.9. The number of amides is 1. The van der Waals surface area contributed by atoms with Gasteiger partial charge in [-0.2, -0.15) is 0 Å². The lowest BCUT2D eigenvalue weighted by Gasteiger charge is -2.26. The van der Waals surface area contributed by atoms with Crippen LogP contribution in [-0.4, -0.2) is 51.7 Å². The van der Waals surface area contributed by atoms with Crippen LogP contribution >= 0.6 is 0 Å². The minimum Gasteiger partial charge on any atom is -0.481 e. The number of carboxylic acids is 1. The maximum Gasteiger partial charge on any atom is 0.307 e. The van der Waals surface area contributed by atoms with Gasteiger partial charge in [-0.1, -0.05) is 37.8 Å². The number of nitrogens with one attached hydrogen (secondary N) is 1. The van der Waals surface area contributed by atoms with Crippen molar-refractivity contribution in [3.63, 3.8) is 0 Å². The first-order valence-corrected chi connectivity index (χ1v) is 10.9. The summed E-state index contributed by atoms with van der Waals surface area (Å²) in [6.07, 6.45) is 12.0. The Hall–Kier alpha value is -4.27. The molecule has 1 aromatic carbocycles. The number of aliphatic carboxylic acids is 1. The van der Waals surface area contributed by atoms with Crippen molar-refractivity contribution in [3.05, 3.63) is 78.1 Å². The number of rotatable bonds is 11. The highest BCUT2D eigenvalue weighted by Crippen LogP contribution is 2.20. The number of hydrogen-bond acceptors (Lipinski definition) is 7. The molecule has 3 rings (SSSR count). The smallest absolute Gasteiger partial charge is 0.307 e. The number of benzene rings is 1. The SMILES string of the molecule is C=C/C(=C\C=C\CC(=O)O)Nc1ncc2ccc(C/C=N\C3=C(CC)N(C=O)CCO3)cc2n1. The lowest BCUT2D eigenvalue weighted by Crippen LogP contribution is -2.31. The van der Waals surface area contributed by atoms with Crippen molar-refractivity contribution in [2.24, 2.45) is 4.99 Å². The second kappa shape index (κ2) is 12.1. The number of ether oxygens (including phenoxy) is 1. The van der Waals surface area contributed by atoms with Gasteiger partial charge in [-0.15, -0.1) is 0 Å². The molecule has 1 aliphatic rings. The fourth-order valence-electron chi connectivity index (χ4n) is 3.28. The summed E-state index contributed by atoms with van der Waals surface area (Å²) in [6, 6.07) is 5.90. The molecule has 2 aromatic rings. The van der Waals surface area contributed by atoms with E-state index in [-0.39, 0.29) is 6.42 Å². The Kier molecular flexibility index (Phi) is 8.67. The number of anilines is 1. The molecule has 9 nitrogen and oxygen atoms in total. The molecule has 0 atom stereocenters. The zero-order chi connectivity index (χ0) is 24.3. The zero-order valence-corrected chi connectivity index (χ0v) is 19.0. The van der Waals surface area contributed by atoms with E-state index in [0.29, 0.717) is 43.5 Å². The molecule has 0 aliphatic carbocycles. The predicted octanol–water partition coefficient (Wildman–Crippen LogP) is 3.82. The molecule has 0 unspecified atom stereocenters. The molecule has 0 spiro atoms. The quantitative estimate of drug-likeness (QED) is 0.297. The van der Waals surface area contributed by atoms with E-state index in [1.807, 2.05) is 25.1 Å². The Morgan fingerprint density at radius 2 is 2.26 bits per heavy atom. The Balaban J connectivity index is 1.73. The van der Waals surface area contributed by atoms with E-state index in [1.54, 1.807) is 35.5 Å². The molecular weight excluding hydrogens is 434 g/mol. The molecule has 176 valence electrons. The molecule has 1 aromatic heterocycles. The molecular formula is C25H27N5O4. The summed E-state index contributed by atoms with van der Waals surface area (Å²) in [6.45, 7) is 6.68. The van der Waals surface area contributed by atoms with Crippen LogP contribution < -0.4 is 5.32 Å². The van der Waals surface area contributed by atoms with Crippen LogP contribution in [0.5, 0.6) is 0 Å². The van der Waals surface area contributed by atoms with Gasteiger partial charge in [-0.3, -0.25) is 9.59 Å². The van der Waals surface area contributed by atoms with Crippen molar-refractivity contribution in [2.75, 3.05) is 18.5 Å². The Labute approximate surface area is 197 Å². The van der Waals surface area contributed by atoms with Gasteiger partial charge in [0.15, 0.2) is 0 Å². The number of carbonyl (C=O) groups is 2. The Morgan fingerprint density at radius 3 is 3.00 bits per heavy atom. The van der Waals surface area contributed by atoms with Crippen LogP contribution in [0.4, 0.5) is 5.95 Å². The van der Waals surface area contributed by atoms with Crippen LogP contribution in [0, 0.1) is 0 Å². The van der Waals surface area contributed by atoms with E-state index in [9.17, 15) is 9.59 Å². The summed E-state index contributed by atoms with van der Waals surface area (Å²) >= 11 is 0. The number of carboxylic acid groups (broad SMARTS) is 1. The van der Waals surface area contributed by atoms with Gasteiger partial charge in [-0.05, 0) is 30.2 Å². The van der Waals surface area contributed by atoms with Crippen LogP contribution in [0.2, 0.25) is 0 Å². The van der Waals surface area contributed by atoms with Gasteiger partial charge in [0, 0.05) is 29.9 Å². The van der Waals surface area contributed by atoms with Crippen molar-refractivity contribution in [1.29, 1.82) is 0 Å². The number of allylic oxidation sites excluding steroid dienone is 4. The molecule has 1 amide bonds. The highest BCUT2D eigenvalue weighted by atomic mass is 16.5. The fourth-order valence-corrected chi connectivity index (χ4v) is 3.28. The molecule has 0 saturated heterocycles. The lowest BCUT2D eigenvalue weighted by atomic mass is 10.1. The summed E-state index contributed by atoms with van der Waals surface area (Å²) in [5.74, 6) is -0.0109. The van der Waals surface area contributed by atoms with Gasteiger partial charge in [0.2, 0.25) is 18.2 Å². The van der Waals surface area contributed by atoms with Crippen molar-refractivity contribution in [1.82, 2.24) is 14.9 Å². The van der Waals surface area contributed by atoms with Crippen LogP contribution in [0.3, 0.4) is 0 Å². The summed E-state index contributed by atoms with van der Waals surface area (Å²) in [5, 5.41) is 12.7. The number of hydrogen-bond donors (Lipinski definition) is 2. The Morgan fingerprint density at radius 1 is 1.41 bits per heavy atom. The maximum absolute atomic E-state index is 11.2. The first kappa shape index (κ1) is 24.4. The molecule has 0 bridgehead atoms. The van der Waals surface area contributed by atoms with Gasteiger partial charge >= 0.3 is 5.97 Å². The van der Waals surface area contributed by atoms with Crippen LogP contribution in [0.1, 0.15) is 25.3 Å². The summed E-state index contributed by atoms with van der Waals surface area (Å²) in [5.41, 5.74) is 3.20. The van der Waals surface area contributed by atoms with E-state index < -0.39 is 5.97 Å². The van der Waals surface area contributed by atoms with E-state index in [1.165, 1.54) is 6.08 Å². The fraction of sp³-hybridized carbons (Fsp3) is 0.240. The van der Waals surface area contributed by atoms with Gasteiger partial charge in [0.1, 0.15) is 6.61 Å². The second-order valence-corrected chi connectivity index (χ2v) is 7.33. The number of aliphatic imine (C=N–C) groups is 1. The highest BCUT2D eigenvalue weighted by molar-refractivity contribution is 5.80. The lowest BCUT2D eigenvalue weighted by molar-refractivity contribution is -0.136. The van der Waals surface area contributed by atoms with E-state index in [4.69, 9.17) is 9.84 Å². The molecule has 0 fully saturated rings. The largest absolute Gasteiger partial charge is 0.481 e. The molecule has 2 N–H and O–H groups in total. The maximum atomic E-state index is 11.2. The van der Waals surface area contributed by atoms with E-state index in [0.717, 1.165) is 28.6 Å². The van der Waals surface area contributed by atoms with Crippen LogP contribution in [0.25, 0.3) is 10.9 Å². The number of carbonyl (C=O) groups excluding carboxylic acids is 1. The third-order valence-electron chi connectivity index (χ3n) is 4.99. The molecule has 9 heteroatoms. The predicted molar refractivity (Wildman–Crippen MR) is 131 cm³/mol. The highest BCUT2D eigenvalue weighted by Gasteiger charge is 2.18. The van der Waals surface area contributed by atoms with Gasteiger partial charge < -0.3 is 20.1 Å². The average Bonchev–Trinajstić information content (AvgIpc) is 2.85. The average molecular weight is 462 g/mol. The zero-order valence-electron chi connectivity index (χ0n) is 19.0. The number of fused-ring (bicyclic) bond motifs is 1. The monoisotopic (exact) mass is 461 g/mol. The minimum absolute atomic E-state index is 0.0576. The third kappa shape index (κ3) is 6.61. The van der Waals surface area contributed by atoms with Gasteiger partial charge in [0.25, 0.3) is 0 Å². The van der Waals surface area contributed by atoms with Gasteiger partial charge in [-0.25, -0.2) is 15.0 Å². The topological polar surface area (TPSA) is 117 Å². The summed E-state index contributed by atoms with van der Waals surface area (Å²) < 4.78 is 5.64. The van der Waals surface area contributed by atoms with Crippen molar-refractivity contribution in [2.45, 2.75) is 26.2 Å². The number of nitrogens with zero attached hydrogens (tertiary/aromatic N) is 4. The normalized spacial score (nSPS) is 14.6. The molecule has 0 saturated carbocycles. The summed E-state index contributed by atoms with van der Waals surface area (Å²) in [7, 11) is 0. The van der Waals surface area contributed by atoms with Crippen molar-refractivity contribution >= 4 is 35.4 Å². The van der Waals surface area contributed by atoms with Crippen molar-refractivity contribution < 1.29 is 19.4 Å². The molecule has 0 radical (unpaired) electrons. The van der Waals surface area contributed by atoms with Gasteiger partial charge in [0.05, 0.1) is 24.2 Å². The van der Waals surface area contributed by atoms with E-state index >= 15 is 0 Å². The third-order valence-corrected chi connectivity index (χ3v) is 4.99. The molecule has 34 heavy (non-hydrogen) atoms. The van der Waals surface area contributed by atoms with Crippen LogP contribution in [-0.2, 0) is 20.7 Å². The molecule has 2 heterocycles. The van der Waals surface area contributed by atoms with Crippen molar-refractivity contribution in [3.8, 4) is 0 Å².